The molecule has 3 heterocycles. The lowest BCUT2D eigenvalue weighted by atomic mass is 9.84. The summed E-state index contributed by atoms with van der Waals surface area (Å²) in [5.41, 5.74) is 8.79. The lowest BCUT2D eigenvalue weighted by molar-refractivity contribution is -0.136. The fourth-order valence-corrected chi connectivity index (χ4v) is 6.43. The van der Waals surface area contributed by atoms with Crippen molar-refractivity contribution in [2.24, 2.45) is 5.92 Å². The van der Waals surface area contributed by atoms with Crippen LogP contribution in [-0.4, -0.2) is 48.3 Å². The lowest BCUT2D eigenvalue weighted by Crippen LogP contribution is -2.28. The SMILES string of the molecule is C/C(=C\c1c(C)nc(C(C)I)c(CC(=O)O)c1-c1cc(C)c2c(c1C)CCCO2)C(=O)NCCC1CCOCC1. The number of amides is 1. The van der Waals surface area contributed by atoms with Crippen molar-refractivity contribution < 1.29 is 24.2 Å². The van der Waals surface area contributed by atoms with Gasteiger partial charge in [-0.25, -0.2) is 0 Å². The van der Waals surface area contributed by atoms with Gasteiger partial charge in [0, 0.05) is 36.6 Å². The van der Waals surface area contributed by atoms with E-state index in [1.54, 1.807) is 0 Å². The second kappa shape index (κ2) is 13.5. The van der Waals surface area contributed by atoms with E-state index in [9.17, 15) is 14.7 Å². The number of aliphatic carboxylic acids is 1. The lowest BCUT2D eigenvalue weighted by Gasteiger charge is -2.26. The number of carboxylic acid groups (broad SMARTS) is 1. The zero-order chi connectivity index (χ0) is 29.0. The van der Waals surface area contributed by atoms with Crippen molar-refractivity contribution in [1.29, 1.82) is 0 Å². The van der Waals surface area contributed by atoms with Gasteiger partial charge in [-0.2, -0.15) is 0 Å². The Balaban J connectivity index is 1.81. The molecule has 0 spiro atoms. The number of fused-ring (bicyclic) bond motifs is 1. The van der Waals surface area contributed by atoms with Crippen LogP contribution in [0.4, 0.5) is 0 Å². The standard InChI is InChI=1S/C32H41IN2O5/c1-18-15-25(20(3)24-7-6-12-40-31(18)24)29-26(22(5)35-30(21(4)33)27(29)17-28(36)37)16-19(2)32(38)34-11-8-23-9-13-39-14-10-23/h15-16,21,23H,6-14,17H2,1-5H3,(H,34,38)(H,36,37)/b19-16+. The number of nitrogens with one attached hydrogen (secondary N) is 1. The van der Waals surface area contributed by atoms with E-state index in [-0.39, 0.29) is 16.3 Å². The highest BCUT2D eigenvalue weighted by molar-refractivity contribution is 14.1. The van der Waals surface area contributed by atoms with E-state index in [0.29, 0.717) is 30.2 Å². The summed E-state index contributed by atoms with van der Waals surface area (Å²) in [7, 11) is 0. The fraction of sp³-hybridized carbons (Fsp3) is 0.531. The number of halogens is 1. The number of hydrogen-bond acceptors (Lipinski definition) is 5. The Morgan fingerprint density at radius 1 is 1.23 bits per heavy atom. The van der Waals surface area contributed by atoms with Gasteiger partial charge in [0.2, 0.25) is 5.91 Å². The molecule has 0 saturated carbocycles. The first-order valence-corrected chi connectivity index (χ1v) is 15.5. The molecule has 2 aliphatic rings. The van der Waals surface area contributed by atoms with Crippen molar-refractivity contribution in [3.05, 3.63) is 50.8 Å². The molecule has 2 N–H and O–H groups in total. The number of pyridine rings is 1. The van der Waals surface area contributed by atoms with E-state index in [4.69, 9.17) is 14.5 Å². The van der Waals surface area contributed by atoms with Crippen LogP contribution in [-0.2, 0) is 27.2 Å². The van der Waals surface area contributed by atoms with Gasteiger partial charge < -0.3 is 19.9 Å². The number of carbonyl (C=O) groups is 2. The molecule has 7 nitrogen and oxygen atoms in total. The summed E-state index contributed by atoms with van der Waals surface area (Å²) in [4.78, 5) is 30.2. The largest absolute Gasteiger partial charge is 0.493 e. The summed E-state index contributed by atoms with van der Waals surface area (Å²) in [6.07, 6.45) is 6.63. The van der Waals surface area contributed by atoms with Gasteiger partial charge in [0.25, 0.3) is 0 Å². The molecule has 1 saturated heterocycles. The molecule has 1 atom stereocenters. The Hall–Kier alpha value is -2.46. The van der Waals surface area contributed by atoms with Crippen molar-refractivity contribution in [1.82, 2.24) is 10.3 Å². The first-order valence-electron chi connectivity index (χ1n) is 14.3. The van der Waals surface area contributed by atoms with Gasteiger partial charge in [-0.15, -0.1) is 0 Å². The van der Waals surface area contributed by atoms with Gasteiger partial charge in [0.1, 0.15) is 5.75 Å². The normalized spacial score (nSPS) is 16.7. The average Bonchev–Trinajstić information content (AvgIpc) is 2.92. The maximum absolute atomic E-state index is 13.2. The Morgan fingerprint density at radius 3 is 2.62 bits per heavy atom. The predicted octanol–water partition coefficient (Wildman–Crippen LogP) is 6.46. The number of alkyl halides is 1. The second-order valence-corrected chi connectivity index (χ2v) is 13.0. The van der Waals surface area contributed by atoms with Crippen LogP contribution in [0.3, 0.4) is 0 Å². The third kappa shape index (κ3) is 6.87. The van der Waals surface area contributed by atoms with E-state index in [1.807, 2.05) is 33.8 Å². The fourth-order valence-electron chi connectivity index (χ4n) is 5.92. The molecule has 1 amide bonds. The van der Waals surface area contributed by atoms with E-state index in [2.05, 4.69) is 40.9 Å². The van der Waals surface area contributed by atoms with Crippen molar-refractivity contribution in [3.63, 3.8) is 0 Å². The molecule has 2 aromatic rings. The molecule has 1 fully saturated rings. The van der Waals surface area contributed by atoms with Gasteiger partial charge >= 0.3 is 5.97 Å². The molecule has 40 heavy (non-hydrogen) atoms. The van der Waals surface area contributed by atoms with Crippen LogP contribution in [0.1, 0.15) is 82.7 Å². The van der Waals surface area contributed by atoms with Crippen molar-refractivity contribution >= 4 is 40.5 Å². The Kier molecular flexibility index (Phi) is 10.3. The number of carbonyl (C=O) groups excluding carboxylic acids is 1. The molecule has 0 bridgehead atoms. The number of ether oxygens (including phenoxy) is 2. The molecule has 216 valence electrons. The minimum atomic E-state index is -0.904. The summed E-state index contributed by atoms with van der Waals surface area (Å²) in [6.45, 7) is 12.9. The van der Waals surface area contributed by atoms with Crippen LogP contribution >= 0.6 is 22.6 Å². The van der Waals surface area contributed by atoms with Crippen molar-refractivity contribution in [2.45, 2.75) is 77.1 Å². The van der Waals surface area contributed by atoms with E-state index < -0.39 is 5.97 Å². The Labute approximate surface area is 251 Å². The third-order valence-corrected chi connectivity index (χ3v) is 8.69. The highest BCUT2D eigenvalue weighted by Crippen LogP contribution is 2.43. The third-order valence-electron chi connectivity index (χ3n) is 8.10. The number of aryl methyl sites for hydroxylation is 2. The van der Waals surface area contributed by atoms with Crippen LogP contribution in [0.5, 0.6) is 5.75 Å². The second-order valence-electron chi connectivity index (χ2n) is 11.1. The highest BCUT2D eigenvalue weighted by Gasteiger charge is 2.27. The van der Waals surface area contributed by atoms with Crippen LogP contribution in [0, 0.1) is 26.7 Å². The van der Waals surface area contributed by atoms with Crippen molar-refractivity contribution in [2.75, 3.05) is 26.4 Å². The molecule has 4 rings (SSSR count). The van der Waals surface area contributed by atoms with Crippen LogP contribution in [0.2, 0.25) is 0 Å². The number of benzene rings is 1. The molecule has 0 radical (unpaired) electrons. The zero-order valence-corrected chi connectivity index (χ0v) is 26.4. The molecule has 8 heteroatoms. The van der Waals surface area contributed by atoms with Crippen LogP contribution in [0.15, 0.2) is 11.6 Å². The topological polar surface area (TPSA) is 97.8 Å². The summed E-state index contributed by atoms with van der Waals surface area (Å²) >= 11 is 2.30. The minimum Gasteiger partial charge on any atom is -0.493 e. The van der Waals surface area contributed by atoms with E-state index in [1.165, 1.54) is 5.56 Å². The number of hydrogen-bond donors (Lipinski definition) is 2. The summed E-state index contributed by atoms with van der Waals surface area (Å²) in [5, 5.41) is 13.0. The quantitative estimate of drug-likeness (QED) is 0.182. The van der Waals surface area contributed by atoms with E-state index in [0.717, 1.165) is 90.3 Å². The maximum Gasteiger partial charge on any atom is 0.307 e. The molecule has 1 aromatic heterocycles. The number of aromatic nitrogens is 1. The van der Waals surface area contributed by atoms with Gasteiger partial charge in [0.15, 0.2) is 0 Å². The highest BCUT2D eigenvalue weighted by atomic mass is 127. The number of nitrogens with zero attached hydrogens (tertiary/aromatic N) is 1. The minimum absolute atomic E-state index is 0.0133. The molecule has 0 aliphatic carbocycles. The van der Waals surface area contributed by atoms with Gasteiger partial charge in [-0.05, 0) is 118 Å². The monoisotopic (exact) mass is 660 g/mol. The summed E-state index contributed by atoms with van der Waals surface area (Å²) < 4.78 is 11.5. The first kappa shape index (κ1) is 30.5. The Bertz CT molecular complexity index is 1310. The van der Waals surface area contributed by atoms with Crippen molar-refractivity contribution in [3.8, 4) is 16.9 Å². The predicted molar refractivity (Wildman–Crippen MR) is 166 cm³/mol. The average molecular weight is 661 g/mol. The number of rotatable bonds is 9. The Morgan fingerprint density at radius 2 is 1.95 bits per heavy atom. The zero-order valence-electron chi connectivity index (χ0n) is 24.3. The molecule has 1 aromatic carbocycles. The van der Waals surface area contributed by atoms with Crippen LogP contribution in [0.25, 0.3) is 17.2 Å². The number of carboxylic acids is 1. The maximum atomic E-state index is 13.2. The van der Waals surface area contributed by atoms with Gasteiger partial charge in [0.05, 0.1) is 22.6 Å². The smallest absolute Gasteiger partial charge is 0.307 e. The molecular weight excluding hydrogens is 619 g/mol. The van der Waals surface area contributed by atoms with Gasteiger partial charge in [-0.1, -0.05) is 22.6 Å². The summed E-state index contributed by atoms with van der Waals surface area (Å²) in [6, 6.07) is 2.11. The van der Waals surface area contributed by atoms with Crippen LogP contribution < -0.4 is 10.1 Å². The molecule has 1 unspecified atom stereocenters. The first-order chi connectivity index (χ1) is 19.1. The van der Waals surface area contributed by atoms with Gasteiger partial charge in [-0.3, -0.25) is 14.6 Å². The summed E-state index contributed by atoms with van der Waals surface area (Å²) in [5.74, 6) is 0.503. The van der Waals surface area contributed by atoms with E-state index >= 15 is 0 Å². The molecule has 2 aliphatic heterocycles. The molecular formula is C32H41IN2O5.